The largest absolute Gasteiger partial charge is 0.495 e. The quantitative estimate of drug-likeness (QED) is 0.585. The smallest absolute Gasteiger partial charge is 0.136 e. The minimum Gasteiger partial charge on any atom is -0.495 e. The van der Waals surface area contributed by atoms with E-state index >= 15 is 0 Å². The highest BCUT2D eigenvalue weighted by molar-refractivity contribution is 7.98. The number of carbonyl (C=O) groups excluding carboxylic acids is 1. The summed E-state index contributed by atoms with van der Waals surface area (Å²) in [7, 11) is 1.56. The standard InChI is InChI=1S/C12H15FO2S/c1-8(4-5-14)10-6-9(13)7-11(16-3)12(10)15-2/h5-8H,4H2,1-3H3. The summed E-state index contributed by atoms with van der Waals surface area (Å²) < 4.78 is 18.7. The van der Waals surface area contributed by atoms with E-state index in [0.717, 1.165) is 16.7 Å². The second-order valence-corrected chi connectivity index (χ2v) is 4.38. The summed E-state index contributed by atoms with van der Waals surface area (Å²) in [6.45, 7) is 1.88. The topological polar surface area (TPSA) is 26.3 Å². The van der Waals surface area contributed by atoms with Crippen molar-refractivity contribution in [1.29, 1.82) is 0 Å². The lowest BCUT2D eigenvalue weighted by Crippen LogP contribution is -2.01. The van der Waals surface area contributed by atoms with Gasteiger partial charge >= 0.3 is 0 Å². The number of rotatable bonds is 5. The fourth-order valence-corrected chi connectivity index (χ4v) is 2.21. The van der Waals surface area contributed by atoms with E-state index in [0.29, 0.717) is 12.2 Å². The van der Waals surface area contributed by atoms with Gasteiger partial charge in [-0.25, -0.2) is 4.39 Å². The van der Waals surface area contributed by atoms with Gasteiger partial charge in [-0.3, -0.25) is 0 Å². The lowest BCUT2D eigenvalue weighted by molar-refractivity contribution is -0.108. The molecule has 0 bridgehead atoms. The van der Waals surface area contributed by atoms with Crippen LogP contribution in [0, 0.1) is 5.82 Å². The van der Waals surface area contributed by atoms with Gasteiger partial charge in [0.05, 0.1) is 12.0 Å². The Morgan fingerprint density at radius 1 is 1.56 bits per heavy atom. The van der Waals surface area contributed by atoms with Crippen LogP contribution in [-0.4, -0.2) is 19.7 Å². The van der Waals surface area contributed by atoms with Crippen molar-refractivity contribution in [3.63, 3.8) is 0 Å². The van der Waals surface area contributed by atoms with Crippen LogP contribution >= 0.6 is 11.8 Å². The number of aldehydes is 1. The Labute approximate surface area is 99.2 Å². The van der Waals surface area contributed by atoms with Crippen molar-refractivity contribution in [3.05, 3.63) is 23.5 Å². The maximum absolute atomic E-state index is 13.4. The number of hydrogen-bond donors (Lipinski definition) is 0. The van der Waals surface area contributed by atoms with Gasteiger partial charge < -0.3 is 9.53 Å². The molecule has 0 spiro atoms. The van der Waals surface area contributed by atoms with Crippen molar-refractivity contribution < 1.29 is 13.9 Å². The van der Waals surface area contributed by atoms with Crippen LogP contribution in [-0.2, 0) is 4.79 Å². The lowest BCUT2D eigenvalue weighted by Gasteiger charge is -2.16. The molecule has 1 aromatic carbocycles. The van der Waals surface area contributed by atoms with E-state index in [1.54, 1.807) is 7.11 Å². The molecule has 1 aromatic rings. The van der Waals surface area contributed by atoms with Crippen molar-refractivity contribution in [2.75, 3.05) is 13.4 Å². The molecule has 4 heteroatoms. The van der Waals surface area contributed by atoms with E-state index in [1.807, 2.05) is 13.2 Å². The monoisotopic (exact) mass is 242 g/mol. The van der Waals surface area contributed by atoms with Crippen LogP contribution in [0.3, 0.4) is 0 Å². The van der Waals surface area contributed by atoms with E-state index in [-0.39, 0.29) is 11.7 Å². The van der Waals surface area contributed by atoms with Gasteiger partial charge in [0.15, 0.2) is 0 Å². The van der Waals surface area contributed by atoms with E-state index in [2.05, 4.69) is 0 Å². The van der Waals surface area contributed by atoms with Crippen LogP contribution in [0.4, 0.5) is 4.39 Å². The molecule has 0 aliphatic carbocycles. The molecule has 1 rings (SSSR count). The molecule has 16 heavy (non-hydrogen) atoms. The SMILES string of the molecule is COc1c(SC)cc(F)cc1C(C)CC=O. The molecule has 0 aliphatic rings. The van der Waals surface area contributed by atoms with Crippen LogP contribution in [0.25, 0.3) is 0 Å². The summed E-state index contributed by atoms with van der Waals surface area (Å²) in [5.41, 5.74) is 0.749. The van der Waals surface area contributed by atoms with Crippen molar-refractivity contribution in [2.45, 2.75) is 24.2 Å². The molecule has 1 unspecified atom stereocenters. The Morgan fingerprint density at radius 3 is 2.75 bits per heavy atom. The summed E-state index contributed by atoms with van der Waals surface area (Å²) in [6.07, 6.45) is 3.08. The number of carbonyl (C=O) groups is 1. The van der Waals surface area contributed by atoms with Crippen LogP contribution in [0.5, 0.6) is 5.75 Å². The molecule has 0 heterocycles. The fourth-order valence-electron chi connectivity index (χ4n) is 1.60. The van der Waals surface area contributed by atoms with Crippen LogP contribution < -0.4 is 4.74 Å². The van der Waals surface area contributed by atoms with Crippen LogP contribution in [0.2, 0.25) is 0 Å². The highest BCUT2D eigenvalue weighted by Crippen LogP contribution is 2.37. The average molecular weight is 242 g/mol. The van der Waals surface area contributed by atoms with Gasteiger partial charge in [0.25, 0.3) is 0 Å². The summed E-state index contributed by atoms with van der Waals surface area (Å²) >= 11 is 1.43. The van der Waals surface area contributed by atoms with Crippen molar-refractivity contribution in [1.82, 2.24) is 0 Å². The highest BCUT2D eigenvalue weighted by Gasteiger charge is 2.16. The van der Waals surface area contributed by atoms with Crippen LogP contribution in [0.15, 0.2) is 17.0 Å². The van der Waals surface area contributed by atoms with E-state index < -0.39 is 0 Å². The van der Waals surface area contributed by atoms with Crippen LogP contribution in [0.1, 0.15) is 24.8 Å². The normalized spacial score (nSPS) is 12.2. The first kappa shape index (κ1) is 13.0. The fraction of sp³-hybridized carbons (Fsp3) is 0.417. The third-order valence-electron chi connectivity index (χ3n) is 2.45. The Hall–Kier alpha value is -1.03. The average Bonchev–Trinajstić information content (AvgIpc) is 2.28. The number of ether oxygens (including phenoxy) is 1. The lowest BCUT2D eigenvalue weighted by atomic mass is 9.97. The summed E-state index contributed by atoms with van der Waals surface area (Å²) in [5.74, 6) is 0.343. The molecule has 0 saturated heterocycles. The second kappa shape index (κ2) is 5.89. The van der Waals surface area contributed by atoms with E-state index in [4.69, 9.17) is 4.74 Å². The molecule has 0 fully saturated rings. The maximum Gasteiger partial charge on any atom is 0.136 e. The molecule has 0 aromatic heterocycles. The Morgan fingerprint density at radius 2 is 2.25 bits per heavy atom. The van der Waals surface area contributed by atoms with Gasteiger partial charge in [-0.1, -0.05) is 6.92 Å². The van der Waals surface area contributed by atoms with Crippen molar-refractivity contribution in [3.8, 4) is 5.75 Å². The molecule has 0 N–H and O–H groups in total. The zero-order valence-corrected chi connectivity index (χ0v) is 10.4. The number of hydrogen-bond acceptors (Lipinski definition) is 3. The molecular weight excluding hydrogens is 227 g/mol. The minimum absolute atomic E-state index is 0.0333. The zero-order valence-electron chi connectivity index (χ0n) is 9.62. The first-order chi connectivity index (χ1) is 7.63. The summed E-state index contributed by atoms with van der Waals surface area (Å²) in [4.78, 5) is 11.2. The predicted molar refractivity (Wildman–Crippen MR) is 63.8 cm³/mol. The zero-order chi connectivity index (χ0) is 12.1. The maximum atomic E-state index is 13.4. The van der Waals surface area contributed by atoms with Gasteiger partial charge in [-0.15, -0.1) is 11.8 Å². The second-order valence-electron chi connectivity index (χ2n) is 3.53. The highest BCUT2D eigenvalue weighted by atomic mass is 32.2. The number of benzene rings is 1. The molecule has 1 atom stereocenters. The third-order valence-corrected chi connectivity index (χ3v) is 3.20. The minimum atomic E-state index is -0.294. The number of halogens is 1. The molecule has 0 saturated carbocycles. The van der Waals surface area contributed by atoms with Gasteiger partial charge in [-0.2, -0.15) is 0 Å². The Balaban J connectivity index is 3.24. The summed E-state index contributed by atoms with van der Waals surface area (Å²) in [6, 6.07) is 2.88. The van der Waals surface area contributed by atoms with Crippen molar-refractivity contribution in [2.24, 2.45) is 0 Å². The molecule has 88 valence electrons. The predicted octanol–water partition coefficient (Wildman–Crippen LogP) is 3.25. The molecule has 0 amide bonds. The van der Waals surface area contributed by atoms with Crippen molar-refractivity contribution >= 4 is 18.0 Å². The first-order valence-electron chi connectivity index (χ1n) is 4.99. The van der Waals surface area contributed by atoms with Gasteiger partial charge in [0.2, 0.25) is 0 Å². The number of methoxy groups -OCH3 is 1. The molecule has 2 nitrogen and oxygen atoms in total. The van der Waals surface area contributed by atoms with Gasteiger partial charge in [-0.05, 0) is 24.3 Å². The summed E-state index contributed by atoms with van der Waals surface area (Å²) in [5, 5.41) is 0. The van der Waals surface area contributed by atoms with Gasteiger partial charge in [0.1, 0.15) is 17.9 Å². The number of thioether (sulfide) groups is 1. The Kier molecular flexibility index (Phi) is 4.80. The van der Waals surface area contributed by atoms with E-state index in [9.17, 15) is 9.18 Å². The van der Waals surface area contributed by atoms with E-state index in [1.165, 1.54) is 23.9 Å². The molecular formula is C12H15FO2S. The molecule has 0 aliphatic heterocycles. The van der Waals surface area contributed by atoms with Gasteiger partial charge in [0, 0.05) is 12.0 Å². The Bertz CT molecular complexity index is 380. The first-order valence-corrected chi connectivity index (χ1v) is 6.21. The third kappa shape index (κ3) is 2.76. The molecule has 0 radical (unpaired) electrons.